The molecule has 172 valence electrons. The molecule has 0 radical (unpaired) electrons. The molecule has 3 N–H and O–H groups in total. The number of benzene rings is 1. The van der Waals surface area contributed by atoms with Crippen molar-refractivity contribution in [2.75, 3.05) is 44.3 Å². The second kappa shape index (κ2) is 11.7. The highest BCUT2D eigenvalue weighted by molar-refractivity contribution is 14.0. The van der Waals surface area contributed by atoms with Crippen molar-refractivity contribution in [3.63, 3.8) is 0 Å². The molecule has 3 rings (SSSR count). The number of furan rings is 1. The van der Waals surface area contributed by atoms with Gasteiger partial charge in [-0.2, -0.15) is 0 Å². The molecule has 7 nitrogen and oxygen atoms in total. The lowest BCUT2D eigenvalue weighted by Gasteiger charge is -2.28. The van der Waals surface area contributed by atoms with E-state index in [0.29, 0.717) is 19.0 Å². The molecule has 2 heterocycles. The van der Waals surface area contributed by atoms with Crippen LogP contribution in [-0.4, -0.2) is 50.5 Å². The zero-order valence-electron chi connectivity index (χ0n) is 18.9. The molecular formula is C23H35IN4O3. The average molecular weight is 542 g/mol. The molecule has 0 saturated carbocycles. The highest BCUT2D eigenvalue weighted by atomic mass is 127. The molecule has 1 saturated heterocycles. The van der Waals surface area contributed by atoms with Crippen LogP contribution in [0.4, 0.5) is 5.69 Å². The van der Waals surface area contributed by atoms with Gasteiger partial charge in [-0.1, -0.05) is 12.1 Å². The minimum Gasteiger partial charge on any atom is -0.466 e. The average Bonchev–Trinajstić information content (AvgIpc) is 3.10. The van der Waals surface area contributed by atoms with E-state index in [1.54, 1.807) is 6.92 Å². The number of aliphatic hydroxyl groups is 1. The van der Waals surface area contributed by atoms with Gasteiger partial charge in [-0.05, 0) is 51.5 Å². The predicted octanol–water partition coefficient (Wildman–Crippen LogP) is 3.31. The van der Waals surface area contributed by atoms with Crippen LogP contribution in [0.5, 0.6) is 0 Å². The Balaban J connectivity index is 0.00000341. The Labute approximate surface area is 202 Å². The molecular weight excluding hydrogens is 507 g/mol. The second-order valence-corrected chi connectivity index (χ2v) is 7.92. The van der Waals surface area contributed by atoms with E-state index in [0.717, 1.165) is 55.5 Å². The molecule has 1 fully saturated rings. The Morgan fingerprint density at radius 1 is 1.16 bits per heavy atom. The molecule has 8 heteroatoms. The number of guanidine groups is 1. The molecule has 1 aromatic heterocycles. The Morgan fingerprint density at radius 2 is 1.84 bits per heavy atom. The van der Waals surface area contributed by atoms with Crippen molar-refractivity contribution in [2.24, 2.45) is 4.99 Å². The van der Waals surface area contributed by atoms with Gasteiger partial charge in [0.05, 0.1) is 26.3 Å². The SMILES string of the molecule is CCNC(=NCc1ccc(N2CCOCC2)cc1)NCC(C)(O)c1cc(C)oc1C.I. The fraction of sp³-hybridized carbons (Fsp3) is 0.522. The van der Waals surface area contributed by atoms with Gasteiger partial charge in [0.15, 0.2) is 5.96 Å². The number of nitrogens with zero attached hydrogens (tertiary/aromatic N) is 2. The van der Waals surface area contributed by atoms with Gasteiger partial charge < -0.3 is 29.8 Å². The van der Waals surface area contributed by atoms with Crippen LogP contribution < -0.4 is 15.5 Å². The van der Waals surface area contributed by atoms with Gasteiger partial charge in [0.2, 0.25) is 0 Å². The van der Waals surface area contributed by atoms with Crippen molar-refractivity contribution in [2.45, 2.75) is 39.8 Å². The molecule has 0 spiro atoms. The van der Waals surface area contributed by atoms with Gasteiger partial charge in [0.1, 0.15) is 17.1 Å². The third kappa shape index (κ3) is 7.11. The minimum absolute atomic E-state index is 0. The number of morpholine rings is 1. The third-order valence-electron chi connectivity index (χ3n) is 5.30. The minimum atomic E-state index is -1.06. The van der Waals surface area contributed by atoms with Crippen molar-refractivity contribution >= 4 is 35.6 Å². The van der Waals surface area contributed by atoms with Crippen LogP contribution in [0.2, 0.25) is 0 Å². The predicted molar refractivity (Wildman–Crippen MR) is 135 cm³/mol. The Hall–Kier alpha value is -1.78. The number of anilines is 1. The number of nitrogens with one attached hydrogen (secondary N) is 2. The molecule has 2 aromatic rings. The van der Waals surface area contributed by atoms with E-state index in [1.165, 1.54) is 5.69 Å². The summed E-state index contributed by atoms with van der Waals surface area (Å²) in [6.07, 6.45) is 0. The van der Waals surface area contributed by atoms with Crippen LogP contribution >= 0.6 is 24.0 Å². The topological polar surface area (TPSA) is 82.3 Å². The number of halogens is 1. The van der Waals surface area contributed by atoms with Gasteiger partial charge in [-0.3, -0.25) is 0 Å². The molecule has 1 atom stereocenters. The first-order valence-electron chi connectivity index (χ1n) is 10.6. The van der Waals surface area contributed by atoms with E-state index < -0.39 is 5.60 Å². The first-order valence-corrected chi connectivity index (χ1v) is 10.6. The van der Waals surface area contributed by atoms with Gasteiger partial charge >= 0.3 is 0 Å². The summed E-state index contributed by atoms with van der Waals surface area (Å²) in [5, 5.41) is 17.4. The normalized spacial score (nSPS) is 16.4. The molecule has 0 aliphatic carbocycles. The standard InChI is InChI=1S/C23H34N4O3.HI/c1-5-24-22(26-16-23(4,28)21-14-17(2)30-18(21)3)25-15-19-6-8-20(9-7-19)27-10-12-29-13-11-27;/h6-9,14,28H,5,10-13,15-16H2,1-4H3,(H2,24,25,26);1H. The number of aryl methyl sites for hydroxylation is 2. The quantitative estimate of drug-likeness (QED) is 0.283. The van der Waals surface area contributed by atoms with Gasteiger partial charge in [-0.25, -0.2) is 4.99 Å². The van der Waals surface area contributed by atoms with Crippen LogP contribution in [0.3, 0.4) is 0 Å². The van der Waals surface area contributed by atoms with Crippen LogP contribution in [-0.2, 0) is 16.9 Å². The summed E-state index contributed by atoms with van der Waals surface area (Å²) in [4.78, 5) is 7.01. The van der Waals surface area contributed by atoms with Gasteiger partial charge in [0.25, 0.3) is 0 Å². The van der Waals surface area contributed by atoms with Crippen molar-refractivity contribution in [3.8, 4) is 0 Å². The number of hydrogen-bond acceptors (Lipinski definition) is 5. The monoisotopic (exact) mass is 542 g/mol. The zero-order valence-corrected chi connectivity index (χ0v) is 21.2. The summed E-state index contributed by atoms with van der Waals surface area (Å²) in [7, 11) is 0. The van der Waals surface area contributed by atoms with E-state index in [4.69, 9.17) is 9.15 Å². The molecule has 1 aliphatic heterocycles. The van der Waals surface area contributed by atoms with Crippen molar-refractivity contribution < 1.29 is 14.3 Å². The summed E-state index contributed by atoms with van der Waals surface area (Å²) in [5.41, 5.74) is 2.09. The molecule has 1 unspecified atom stereocenters. The van der Waals surface area contributed by atoms with E-state index in [-0.39, 0.29) is 24.0 Å². The maximum Gasteiger partial charge on any atom is 0.191 e. The number of aliphatic imine (C=N–C) groups is 1. The summed E-state index contributed by atoms with van der Waals surface area (Å²) >= 11 is 0. The molecule has 1 aliphatic rings. The smallest absolute Gasteiger partial charge is 0.191 e. The summed E-state index contributed by atoms with van der Waals surface area (Å²) in [6, 6.07) is 10.4. The number of rotatable bonds is 7. The van der Waals surface area contributed by atoms with Crippen molar-refractivity contribution in [1.29, 1.82) is 0 Å². The lowest BCUT2D eigenvalue weighted by atomic mass is 9.96. The lowest BCUT2D eigenvalue weighted by Crippen LogP contribution is -2.44. The van der Waals surface area contributed by atoms with Gasteiger partial charge in [-0.15, -0.1) is 24.0 Å². The largest absolute Gasteiger partial charge is 0.466 e. The summed E-state index contributed by atoms with van der Waals surface area (Å²) in [5.74, 6) is 2.21. The Bertz CT molecular complexity index is 843. The molecule has 0 amide bonds. The van der Waals surface area contributed by atoms with E-state index in [9.17, 15) is 5.11 Å². The summed E-state index contributed by atoms with van der Waals surface area (Å²) < 4.78 is 11.0. The van der Waals surface area contributed by atoms with Crippen molar-refractivity contribution in [1.82, 2.24) is 10.6 Å². The maximum atomic E-state index is 10.9. The fourth-order valence-corrected chi connectivity index (χ4v) is 3.66. The van der Waals surface area contributed by atoms with Crippen molar-refractivity contribution in [3.05, 3.63) is 53.0 Å². The second-order valence-electron chi connectivity index (χ2n) is 7.92. The highest BCUT2D eigenvalue weighted by Crippen LogP contribution is 2.26. The highest BCUT2D eigenvalue weighted by Gasteiger charge is 2.27. The van der Waals surface area contributed by atoms with Gasteiger partial charge in [0, 0.05) is 30.9 Å². The molecule has 31 heavy (non-hydrogen) atoms. The zero-order chi connectivity index (χ0) is 21.6. The Morgan fingerprint density at radius 3 is 2.42 bits per heavy atom. The molecule has 1 aromatic carbocycles. The maximum absolute atomic E-state index is 10.9. The van der Waals surface area contributed by atoms with Crippen LogP contribution in [0.1, 0.15) is 36.5 Å². The van der Waals surface area contributed by atoms with E-state index in [2.05, 4.69) is 44.8 Å². The molecule has 0 bridgehead atoms. The van der Waals surface area contributed by atoms with E-state index >= 15 is 0 Å². The number of ether oxygens (including phenoxy) is 1. The fourth-order valence-electron chi connectivity index (χ4n) is 3.66. The summed E-state index contributed by atoms with van der Waals surface area (Å²) in [6.45, 7) is 12.6. The third-order valence-corrected chi connectivity index (χ3v) is 5.30. The first-order chi connectivity index (χ1) is 14.4. The van der Waals surface area contributed by atoms with Crippen LogP contribution in [0.25, 0.3) is 0 Å². The van der Waals surface area contributed by atoms with Crippen LogP contribution in [0.15, 0.2) is 39.7 Å². The Kier molecular flexibility index (Phi) is 9.64. The lowest BCUT2D eigenvalue weighted by molar-refractivity contribution is 0.0601. The first kappa shape index (κ1) is 25.5. The van der Waals surface area contributed by atoms with E-state index in [1.807, 2.05) is 26.8 Å². The number of hydrogen-bond donors (Lipinski definition) is 3. The van der Waals surface area contributed by atoms with Crippen LogP contribution in [0, 0.1) is 13.8 Å².